The molecule has 40 heavy (non-hydrogen) atoms. The van der Waals surface area contributed by atoms with Crippen molar-refractivity contribution in [2.24, 2.45) is 5.73 Å². The summed E-state index contributed by atoms with van der Waals surface area (Å²) in [5.41, 5.74) is 5.71. The number of benzene rings is 2. The number of anilines is 1. The minimum absolute atomic E-state index is 0.167. The van der Waals surface area contributed by atoms with Gasteiger partial charge in [-0.05, 0) is 58.9 Å². The maximum absolute atomic E-state index is 11.9. The number of aromatic nitrogens is 1. The van der Waals surface area contributed by atoms with Crippen LogP contribution in [0.15, 0.2) is 60.7 Å². The minimum atomic E-state index is -1.15. The summed E-state index contributed by atoms with van der Waals surface area (Å²) in [5.74, 6) is 1.22. The van der Waals surface area contributed by atoms with Crippen molar-refractivity contribution in [3.05, 3.63) is 71.8 Å². The van der Waals surface area contributed by atoms with E-state index in [0.717, 1.165) is 11.1 Å². The molecule has 0 unspecified atom stereocenters. The highest BCUT2D eigenvalue weighted by atomic mass is 16.5. The molecule has 3 aromatic rings. The van der Waals surface area contributed by atoms with E-state index in [1.54, 1.807) is 25.8 Å². The normalized spacial score (nSPS) is 9.40. The van der Waals surface area contributed by atoms with E-state index in [2.05, 4.69) is 4.98 Å². The number of para-hydroxylation sites is 2. The second-order valence-corrected chi connectivity index (χ2v) is 8.26. The predicted molar refractivity (Wildman–Crippen MR) is 168 cm³/mol. The summed E-state index contributed by atoms with van der Waals surface area (Å²) in [7, 11) is 1.75. The van der Waals surface area contributed by atoms with Crippen molar-refractivity contribution in [2.45, 2.75) is 81.7 Å². The lowest BCUT2D eigenvalue weighted by Gasteiger charge is -2.36. The summed E-state index contributed by atoms with van der Waals surface area (Å²) in [6.07, 6.45) is 0. The highest BCUT2D eigenvalue weighted by molar-refractivity contribution is 5.84. The average molecular weight is 555 g/mol. The number of likely N-dealkylation sites (N-methyl/N-ethyl adjacent to an activating group) is 1. The Morgan fingerprint density at radius 2 is 1.12 bits per heavy atom. The van der Waals surface area contributed by atoms with Crippen LogP contribution < -0.4 is 20.1 Å². The van der Waals surface area contributed by atoms with Crippen LogP contribution >= 0.6 is 0 Å². The second-order valence-electron chi connectivity index (χ2n) is 8.26. The Labute approximate surface area is 241 Å². The molecule has 3 rings (SSSR count). The third kappa shape index (κ3) is 11.8. The van der Waals surface area contributed by atoms with Crippen LogP contribution in [0.3, 0.4) is 0 Å². The van der Waals surface area contributed by atoms with Gasteiger partial charge in [0.05, 0.1) is 11.5 Å². The number of hydrogen-bond donors (Lipinski definition) is 3. The molecule has 0 amide bonds. The lowest BCUT2D eigenvalue weighted by Crippen LogP contribution is -2.48. The summed E-state index contributed by atoms with van der Waals surface area (Å²) in [4.78, 5) is 18.2. The van der Waals surface area contributed by atoms with E-state index in [1.807, 2.05) is 116 Å². The van der Waals surface area contributed by atoms with Gasteiger partial charge in [-0.25, -0.2) is 4.79 Å². The Kier molecular flexibility index (Phi) is 19.0. The van der Waals surface area contributed by atoms with E-state index >= 15 is 0 Å². The van der Waals surface area contributed by atoms with Crippen LogP contribution in [-0.2, 0) is 4.79 Å². The number of ether oxygens (including phenoxy) is 2. The monoisotopic (exact) mass is 554 g/mol. The SMILES string of the molecule is CC.CC.CC.CC(=N)N.Cc1c(Oc2ccccc2)nc(Oc2ccccc2)c(C)c1N(C)C(C)(C)C(=O)O. The van der Waals surface area contributed by atoms with Crippen molar-refractivity contribution in [3.8, 4) is 23.3 Å². The van der Waals surface area contributed by atoms with Gasteiger partial charge < -0.3 is 25.2 Å². The zero-order valence-electron chi connectivity index (χ0n) is 26.4. The van der Waals surface area contributed by atoms with Gasteiger partial charge in [-0.3, -0.25) is 5.41 Å². The molecule has 0 fully saturated rings. The number of carboxylic acids is 1. The fraction of sp³-hybridized carbons (Fsp3) is 0.406. The first-order chi connectivity index (χ1) is 18.9. The topological polar surface area (TPSA) is 122 Å². The van der Waals surface area contributed by atoms with Gasteiger partial charge in [0.1, 0.15) is 17.0 Å². The van der Waals surface area contributed by atoms with Crippen molar-refractivity contribution in [2.75, 3.05) is 11.9 Å². The third-order valence-electron chi connectivity index (χ3n) is 5.17. The second kappa shape index (κ2) is 19.9. The highest BCUT2D eigenvalue weighted by Crippen LogP contribution is 2.40. The van der Waals surface area contributed by atoms with Crippen LogP contribution in [-0.4, -0.2) is 34.5 Å². The number of hydrogen-bond acceptors (Lipinski definition) is 6. The Bertz CT molecular complexity index is 1060. The Balaban J connectivity index is 0. The lowest BCUT2D eigenvalue weighted by molar-refractivity contribution is -0.142. The van der Waals surface area contributed by atoms with E-state index in [9.17, 15) is 9.90 Å². The standard InChI is InChI=1S/C24H26N2O4.C2H6N2.3C2H6/c1-16-20(26(5)24(3,4)23(27)28)17(2)22(30-19-14-10-7-11-15-19)25-21(16)29-18-12-8-6-9-13-18;1-2(3)4;3*1-2/h6-15H,1-5H3,(H,27,28);1H3,(H3,3,4);3*1-2H3. The zero-order valence-corrected chi connectivity index (χ0v) is 26.4. The molecule has 2 aromatic carbocycles. The quantitative estimate of drug-likeness (QED) is 0.197. The molecule has 8 heteroatoms. The number of nitrogens with one attached hydrogen (secondary N) is 1. The number of nitrogens with two attached hydrogens (primary N) is 1. The van der Waals surface area contributed by atoms with Gasteiger partial charge in [0.2, 0.25) is 11.8 Å². The zero-order chi connectivity index (χ0) is 31.5. The van der Waals surface area contributed by atoms with E-state index in [-0.39, 0.29) is 5.84 Å². The number of amidine groups is 1. The van der Waals surface area contributed by atoms with E-state index in [0.29, 0.717) is 28.9 Å². The summed E-state index contributed by atoms with van der Waals surface area (Å²) >= 11 is 0. The summed E-state index contributed by atoms with van der Waals surface area (Å²) in [6, 6.07) is 18.7. The number of rotatable bonds is 7. The maximum Gasteiger partial charge on any atom is 0.328 e. The molecular formula is C32H50N4O4. The maximum atomic E-state index is 11.9. The van der Waals surface area contributed by atoms with Crippen LogP contribution in [0, 0.1) is 19.3 Å². The Hall–Kier alpha value is -4.07. The molecule has 4 N–H and O–H groups in total. The Morgan fingerprint density at radius 1 is 0.825 bits per heavy atom. The van der Waals surface area contributed by atoms with Gasteiger partial charge in [0, 0.05) is 18.2 Å². The van der Waals surface area contributed by atoms with Gasteiger partial charge >= 0.3 is 5.97 Å². The average Bonchev–Trinajstić information content (AvgIpc) is 2.95. The van der Waals surface area contributed by atoms with Gasteiger partial charge in [-0.1, -0.05) is 77.9 Å². The number of pyridine rings is 1. The van der Waals surface area contributed by atoms with Crippen molar-refractivity contribution < 1.29 is 19.4 Å². The molecule has 0 saturated carbocycles. The highest BCUT2D eigenvalue weighted by Gasteiger charge is 2.35. The van der Waals surface area contributed by atoms with Crippen molar-refractivity contribution >= 4 is 17.5 Å². The van der Waals surface area contributed by atoms with Crippen LogP contribution in [0.25, 0.3) is 0 Å². The van der Waals surface area contributed by atoms with Crippen LogP contribution in [0.4, 0.5) is 5.69 Å². The fourth-order valence-electron chi connectivity index (χ4n) is 3.07. The summed E-state index contributed by atoms with van der Waals surface area (Å²) in [6.45, 7) is 20.6. The van der Waals surface area contributed by atoms with Crippen LogP contribution in [0.5, 0.6) is 23.3 Å². The van der Waals surface area contributed by atoms with E-state index < -0.39 is 11.5 Å². The molecule has 0 aliphatic rings. The Morgan fingerprint density at radius 3 is 1.40 bits per heavy atom. The molecule has 8 nitrogen and oxygen atoms in total. The fourth-order valence-corrected chi connectivity index (χ4v) is 3.07. The number of aliphatic carboxylic acids is 1. The summed E-state index contributed by atoms with van der Waals surface area (Å²) in [5, 5.41) is 16.0. The number of nitrogens with zero attached hydrogens (tertiary/aromatic N) is 2. The van der Waals surface area contributed by atoms with Gasteiger partial charge in [0.25, 0.3) is 0 Å². The smallest absolute Gasteiger partial charge is 0.328 e. The first-order valence-corrected chi connectivity index (χ1v) is 13.7. The van der Waals surface area contributed by atoms with Crippen LogP contribution in [0.1, 0.15) is 73.4 Å². The molecule has 0 atom stereocenters. The van der Waals surface area contributed by atoms with Crippen molar-refractivity contribution in [1.29, 1.82) is 5.41 Å². The first kappa shape index (κ1) is 38.1. The molecule has 0 aliphatic carbocycles. The van der Waals surface area contributed by atoms with Gasteiger partial charge in [-0.15, -0.1) is 0 Å². The third-order valence-corrected chi connectivity index (χ3v) is 5.17. The predicted octanol–water partition coefficient (Wildman–Crippen LogP) is 8.60. The lowest BCUT2D eigenvalue weighted by atomic mass is 10.00. The summed E-state index contributed by atoms with van der Waals surface area (Å²) < 4.78 is 12.1. The van der Waals surface area contributed by atoms with Crippen molar-refractivity contribution in [3.63, 3.8) is 0 Å². The molecule has 222 valence electrons. The minimum Gasteiger partial charge on any atom is -0.480 e. The molecular weight excluding hydrogens is 504 g/mol. The molecule has 0 saturated heterocycles. The molecule has 0 bridgehead atoms. The van der Waals surface area contributed by atoms with E-state index in [1.165, 1.54) is 6.92 Å². The molecule has 0 aliphatic heterocycles. The molecule has 1 aromatic heterocycles. The molecule has 0 radical (unpaired) electrons. The van der Waals surface area contributed by atoms with Gasteiger partial charge in [-0.2, -0.15) is 4.98 Å². The number of carbonyl (C=O) groups is 1. The van der Waals surface area contributed by atoms with Crippen molar-refractivity contribution in [1.82, 2.24) is 4.98 Å². The van der Waals surface area contributed by atoms with E-state index in [4.69, 9.17) is 20.6 Å². The first-order valence-electron chi connectivity index (χ1n) is 13.7. The van der Waals surface area contributed by atoms with Crippen LogP contribution in [0.2, 0.25) is 0 Å². The molecule has 1 heterocycles. The molecule has 0 spiro atoms. The number of carboxylic acid groups (broad SMARTS) is 1. The van der Waals surface area contributed by atoms with Gasteiger partial charge in [0.15, 0.2) is 0 Å². The largest absolute Gasteiger partial charge is 0.480 e.